The summed E-state index contributed by atoms with van der Waals surface area (Å²) in [4.78, 5) is 32.4. The third-order valence-electron chi connectivity index (χ3n) is 5.98. The molecule has 1 aliphatic heterocycles. The van der Waals surface area contributed by atoms with Gasteiger partial charge in [0, 0.05) is 11.8 Å². The molecule has 0 saturated carbocycles. The number of hydrogen-bond acceptors (Lipinski definition) is 8. The van der Waals surface area contributed by atoms with Crippen LogP contribution in [-0.2, 0) is 14.3 Å². The highest BCUT2D eigenvalue weighted by Crippen LogP contribution is 2.38. The topological polar surface area (TPSA) is 108 Å². The predicted octanol–water partition coefficient (Wildman–Crippen LogP) is 3.49. The van der Waals surface area contributed by atoms with Gasteiger partial charge in [-0.2, -0.15) is 10.1 Å². The molecule has 1 aromatic heterocycles. The molecule has 36 heavy (non-hydrogen) atoms. The van der Waals surface area contributed by atoms with Crippen molar-refractivity contribution in [3.63, 3.8) is 0 Å². The number of aromatic nitrogens is 3. The number of nitrogens with zero attached hydrogens (tertiary/aromatic N) is 4. The minimum absolute atomic E-state index is 0.108. The largest absolute Gasteiger partial charge is 0.497 e. The number of carbonyl (C=O) groups is 2. The molecule has 4 rings (SSSR count). The standard InChI is InChI=1S/C26H29N5O5/c1-6-36-25(33)23-17(3)30(14-22(32)29-20-12-11-19(34-4)13-21(20)35-5)26-27-15-28-31(26)24(23)18-9-7-16(2)8-10-18/h7-13,15,24H,6,14H2,1-5H3,(H,29,32)/t24-/m0/s1. The van der Waals surface area contributed by atoms with Crippen LogP contribution >= 0.6 is 0 Å². The van der Waals surface area contributed by atoms with E-state index in [1.54, 1.807) is 48.7 Å². The number of methoxy groups -OCH3 is 2. The van der Waals surface area contributed by atoms with Crippen LogP contribution in [-0.4, -0.2) is 54.0 Å². The van der Waals surface area contributed by atoms with Gasteiger partial charge < -0.3 is 24.4 Å². The summed E-state index contributed by atoms with van der Waals surface area (Å²) in [5.74, 6) is 0.716. The zero-order valence-corrected chi connectivity index (χ0v) is 20.9. The van der Waals surface area contributed by atoms with E-state index in [1.807, 2.05) is 31.2 Å². The van der Waals surface area contributed by atoms with Crippen molar-refractivity contribution in [3.05, 3.63) is 71.2 Å². The maximum Gasteiger partial charge on any atom is 0.338 e. The summed E-state index contributed by atoms with van der Waals surface area (Å²) in [7, 11) is 3.07. The quantitative estimate of drug-likeness (QED) is 0.477. The van der Waals surface area contributed by atoms with Gasteiger partial charge in [0.05, 0.1) is 32.1 Å². The summed E-state index contributed by atoms with van der Waals surface area (Å²) in [6.07, 6.45) is 1.41. The first-order valence-electron chi connectivity index (χ1n) is 11.5. The molecule has 0 unspecified atom stereocenters. The number of rotatable bonds is 8. The first-order valence-corrected chi connectivity index (χ1v) is 11.5. The number of carbonyl (C=O) groups excluding carboxylic acids is 2. The fourth-order valence-corrected chi connectivity index (χ4v) is 4.18. The zero-order chi connectivity index (χ0) is 25.8. The molecule has 2 heterocycles. The number of ether oxygens (including phenoxy) is 3. The third-order valence-corrected chi connectivity index (χ3v) is 5.98. The van der Waals surface area contributed by atoms with Gasteiger partial charge in [0.25, 0.3) is 0 Å². The number of anilines is 2. The van der Waals surface area contributed by atoms with Crippen LogP contribution in [0.4, 0.5) is 11.6 Å². The van der Waals surface area contributed by atoms with E-state index in [0.29, 0.717) is 34.4 Å². The second kappa shape index (κ2) is 10.5. The Morgan fingerprint density at radius 1 is 1.06 bits per heavy atom. The monoisotopic (exact) mass is 491 g/mol. The summed E-state index contributed by atoms with van der Waals surface area (Å²) >= 11 is 0. The van der Waals surface area contributed by atoms with Gasteiger partial charge in [0.2, 0.25) is 11.9 Å². The molecule has 0 fully saturated rings. The Labute approximate surface area is 209 Å². The number of benzene rings is 2. The Morgan fingerprint density at radius 2 is 1.81 bits per heavy atom. The van der Waals surface area contributed by atoms with Crippen molar-refractivity contribution in [2.45, 2.75) is 26.8 Å². The lowest BCUT2D eigenvalue weighted by Crippen LogP contribution is -2.40. The number of aryl methyl sites for hydroxylation is 1. The molecule has 1 aliphatic rings. The van der Waals surface area contributed by atoms with Crippen LogP contribution in [0.15, 0.2) is 60.1 Å². The van der Waals surface area contributed by atoms with Crippen LogP contribution in [0.3, 0.4) is 0 Å². The van der Waals surface area contributed by atoms with Gasteiger partial charge >= 0.3 is 5.97 Å². The van der Waals surface area contributed by atoms with E-state index >= 15 is 0 Å². The molecule has 0 aliphatic carbocycles. The normalized spacial score (nSPS) is 14.8. The minimum Gasteiger partial charge on any atom is -0.497 e. The molecule has 188 valence electrons. The van der Waals surface area contributed by atoms with Crippen LogP contribution in [0, 0.1) is 6.92 Å². The van der Waals surface area contributed by atoms with Crippen LogP contribution in [0.2, 0.25) is 0 Å². The molecule has 0 radical (unpaired) electrons. The van der Waals surface area contributed by atoms with Crippen LogP contribution < -0.4 is 19.7 Å². The van der Waals surface area contributed by atoms with Gasteiger partial charge in [-0.1, -0.05) is 29.8 Å². The van der Waals surface area contributed by atoms with E-state index in [9.17, 15) is 9.59 Å². The lowest BCUT2D eigenvalue weighted by molar-refractivity contribution is -0.139. The molecular weight excluding hydrogens is 462 g/mol. The Hall–Kier alpha value is -4.34. The smallest absolute Gasteiger partial charge is 0.338 e. The summed E-state index contributed by atoms with van der Waals surface area (Å²) in [6, 6.07) is 12.4. The van der Waals surface area contributed by atoms with Gasteiger partial charge in [0.1, 0.15) is 30.4 Å². The molecule has 2 aromatic carbocycles. The summed E-state index contributed by atoms with van der Waals surface area (Å²) in [5.41, 5.74) is 3.41. The predicted molar refractivity (Wildman–Crippen MR) is 134 cm³/mol. The molecule has 1 amide bonds. The number of esters is 1. The van der Waals surface area contributed by atoms with Gasteiger partial charge in [-0.15, -0.1) is 0 Å². The maximum atomic E-state index is 13.2. The van der Waals surface area contributed by atoms with Gasteiger partial charge in [-0.25, -0.2) is 9.48 Å². The van der Waals surface area contributed by atoms with Crippen molar-refractivity contribution in [1.82, 2.24) is 14.8 Å². The lowest BCUT2D eigenvalue weighted by Gasteiger charge is -2.35. The average molecular weight is 492 g/mol. The van der Waals surface area contributed by atoms with Crippen molar-refractivity contribution in [1.29, 1.82) is 0 Å². The highest BCUT2D eigenvalue weighted by atomic mass is 16.5. The summed E-state index contributed by atoms with van der Waals surface area (Å²) < 4.78 is 17.7. The molecule has 1 atom stereocenters. The number of hydrogen-bond donors (Lipinski definition) is 1. The second-order valence-corrected chi connectivity index (χ2v) is 8.24. The molecule has 10 nitrogen and oxygen atoms in total. The zero-order valence-electron chi connectivity index (χ0n) is 20.9. The van der Waals surface area contributed by atoms with Crippen molar-refractivity contribution in [2.75, 3.05) is 37.6 Å². The molecule has 0 spiro atoms. The summed E-state index contributed by atoms with van der Waals surface area (Å²) in [6.45, 7) is 5.65. The van der Waals surface area contributed by atoms with E-state index < -0.39 is 12.0 Å². The van der Waals surface area contributed by atoms with Gasteiger partial charge in [-0.05, 0) is 38.5 Å². The Morgan fingerprint density at radius 3 is 2.47 bits per heavy atom. The Bertz CT molecular complexity index is 1300. The molecule has 3 aromatic rings. The van der Waals surface area contributed by atoms with E-state index in [4.69, 9.17) is 14.2 Å². The first kappa shape index (κ1) is 24.8. The highest BCUT2D eigenvalue weighted by Gasteiger charge is 2.38. The number of nitrogens with one attached hydrogen (secondary N) is 1. The third kappa shape index (κ3) is 4.74. The van der Waals surface area contributed by atoms with Gasteiger partial charge in [-0.3, -0.25) is 4.79 Å². The van der Waals surface area contributed by atoms with E-state index in [-0.39, 0.29) is 19.1 Å². The SMILES string of the molecule is CCOC(=O)C1=C(C)N(CC(=O)Nc2ccc(OC)cc2OC)c2ncnn2[C@H]1c1ccc(C)cc1. The van der Waals surface area contributed by atoms with Crippen LogP contribution in [0.1, 0.15) is 31.0 Å². The molecule has 0 saturated heterocycles. The van der Waals surface area contributed by atoms with Gasteiger partial charge in [0.15, 0.2) is 0 Å². The average Bonchev–Trinajstić information content (AvgIpc) is 3.36. The first-order chi connectivity index (χ1) is 17.4. The molecule has 10 heteroatoms. The van der Waals surface area contributed by atoms with E-state index in [1.165, 1.54) is 13.4 Å². The highest BCUT2D eigenvalue weighted by molar-refractivity contribution is 5.97. The van der Waals surface area contributed by atoms with Crippen LogP contribution in [0.5, 0.6) is 11.5 Å². The minimum atomic E-state index is -0.539. The molecular formula is C26H29N5O5. The van der Waals surface area contributed by atoms with E-state index in [2.05, 4.69) is 15.4 Å². The van der Waals surface area contributed by atoms with Crippen molar-refractivity contribution in [3.8, 4) is 11.5 Å². The number of amides is 1. The molecule has 0 bridgehead atoms. The van der Waals surface area contributed by atoms with Crippen molar-refractivity contribution >= 4 is 23.5 Å². The maximum absolute atomic E-state index is 13.2. The van der Waals surface area contributed by atoms with E-state index in [0.717, 1.165) is 11.1 Å². The fourth-order valence-electron chi connectivity index (χ4n) is 4.18. The van der Waals surface area contributed by atoms with Crippen molar-refractivity contribution < 1.29 is 23.8 Å². The lowest BCUT2D eigenvalue weighted by atomic mass is 9.94. The summed E-state index contributed by atoms with van der Waals surface area (Å²) in [5, 5.41) is 7.27. The Kier molecular flexibility index (Phi) is 7.23. The van der Waals surface area contributed by atoms with Crippen LogP contribution in [0.25, 0.3) is 0 Å². The molecule has 1 N–H and O–H groups in total. The number of allylic oxidation sites excluding steroid dienone is 1. The second-order valence-electron chi connectivity index (χ2n) is 8.24. The van der Waals surface area contributed by atoms with Crippen molar-refractivity contribution in [2.24, 2.45) is 0 Å². The Balaban J connectivity index is 1.70. The number of fused-ring (bicyclic) bond motifs is 1. The fraction of sp³-hybridized carbons (Fsp3) is 0.308.